The number of phenols is 1. The predicted octanol–water partition coefficient (Wildman–Crippen LogP) is 4.20. The maximum Gasteiger partial charge on any atom is 0.262 e. The highest BCUT2D eigenvalue weighted by Gasteiger charge is 2.26. The molecule has 0 fully saturated rings. The van der Waals surface area contributed by atoms with E-state index in [4.69, 9.17) is 0 Å². The molecule has 0 aliphatic heterocycles. The molecule has 0 aromatic heterocycles. The van der Waals surface area contributed by atoms with Crippen LogP contribution in [-0.2, 0) is 15.6 Å². The highest BCUT2D eigenvalue weighted by Crippen LogP contribution is 2.40. The number of nitrogens with zero attached hydrogens (tertiary/aromatic N) is 1. The summed E-state index contributed by atoms with van der Waals surface area (Å²) in [5, 5.41) is 22.6. The Labute approximate surface area is 150 Å². The fourth-order valence-corrected chi connectivity index (χ4v) is 2.46. The van der Waals surface area contributed by atoms with Crippen molar-refractivity contribution in [2.45, 2.75) is 52.4 Å². The molecule has 0 aliphatic carbocycles. The number of hydrogen-bond acceptors (Lipinski definition) is 3. The first-order chi connectivity index (χ1) is 11.4. The lowest BCUT2D eigenvalue weighted by molar-refractivity contribution is -0.116. The van der Waals surface area contributed by atoms with Crippen molar-refractivity contribution in [3.63, 3.8) is 0 Å². The summed E-state index contributed by atoms with van der Waals surface area (Å²) in [6.07, 6.45) is 3.12. The van der Waals surface area contributed by atoms with Gasteiger partial charge in [0.2, 0.25) is 0 Å². The number of aromatic hydroxyl groups is 1. The molecule has 0 saturated carbocycles. The van der Waals surface area contributed by atoms with Crippen molar-refractivity contribution in [1.82, 2.24) is 5.32 Å². The molecule has 134 valence electrons. The molecule has 1 rings (SSSR count). The molecule has 0 saturated heterocycles. The normalized spacial score (nSPS) is 12.4. The van der Waals surface area contributed by atoms with Gasteiger partial charge in [0.25, 0.3) is 5.91 Å². The zero-order valence-electron chi connectivity index (χ0n) is 16.0. The Morgan fingerprint density at radius 2 is 1.68 bits per heavy atom. The quantitative estimate of drug-likeness (QED) is 0.490. The molecule has 0 bridgehead atoms. The van der Waals surface area contributed by atoms with Crippen molar-refractivity contribution < 1.29 is 9.90 Å². The first-order valence-corrected chi connectivity index (χ1v) is 8.30. The minimum atomic E-state index is -0.440. The Kier molecular flexibility index (Phi) is 6.20. The number of nitrogens with one attached hydrogen (secondary N) is 1. The van der Waals surface area contributed by atoms with Crippen LogP contribution in [0.1, 0.15) is 58.2 Å². The largest absolute Gasteiger partial charge is 0.507 e. The Hall–Kier alpha value is -2.54. The van der Waals surface area contributed by atoms with Crippen molar-refractivity contribution in [3.8, 4) is 11.8 Å². The zero-order valence-corrected chi connectivity index (χ0v) is 16.0. The lowest BCUT2D eigenvalue weighted by atomic mass is 9.78. The zero-order chi connectivity index (χ0) is 19.4. The number of carbonyl (C=O) groups excluding carboxylic acids is 1. The van der Waals surface area contributed by atoms with Crippen LogP contribution in [-0.4, -0.2) is 17.6 Å². The van der Waals surface area contributed by atoms with Crippen molar-refractivity contribution in [3.05, 3.63) is 47.1 Å². The van der Waals surface area contributed by atoms with Gasteiger partial charge in [0, 0.05) is 17.7 Å². The lowest BCUT2D eigenvalue weighted by Crippen LogP contribution is -2.24. The average molecular weight is 340 g/mol. The summed E-state index contributed by atoms with van der Waals surface area (Å²) in [5.41, 5.74) is 1.77. The first kappa shape index (κ1) is 20.5. The van der Waals surface area contributed by atoms with Crippen LogP contribution in [0.15, 0.2) is 30.4 Å². The summed E-state index contributed by atoms with van der Waals surface area (Å²) >= 11 is 0. The van der Waals surface area contributed by atoms with Crippen LogP contribution in [0.4, 0.5) is 0 Å². The molecule has 1 aromatic carbocycles. The summed E-state index contributed by atoms with van der Waals surface area (Å²) < 4.78 is 0. The van der Waals surface area contributed by atoms with Crippen LogP contribution in [0.5, 0.6) is 5.75 Å². The maximum absolute atomic E-state index is 12.1. The van der Waals surface area contributed by atoms with Gasteiger partial charge in [-0.2, -0.15) is 5.26 Å². The van der Waals surface area contributed by atoms with Gasteiger partial charge in [-0.15, -0.1) is 6.58 Å². The minimum Gasteiger partial charge on any atom is -0.507 e. The Morgan fingerprint density at radius 1 is 1.20 bits per heavy atom. The number of carbonyl (C=O) groups is 1. The first-order valence-electron chi connectivity index (χ1n) is 8.30. The summed E-state index contributed by atoms with van der Waals surface area (Å²) in [6, 6.07) is 5.61. The van der Waals surface area contributed by atoms with Crippen molar-refractivity contribution in [2.24, 2.45) is 0 Å². The van der Waals surface area contributed by atoms with Crippen molar-refractivity contribution in [2.75, 3.05) is 6.54 Å². The summed E-state index contributed by atoms with van der Waals surface area (Å²) in [5.74, 6) is -0.170. The number of hydrogen-bond donors (Lipinski definition) is 2. The molecule has 0 aliphatic rings. The van der Waals surface area contributed by atoms with Gasteiger partial charge in [-0.3, -0.25) is 4.79 Å². The van der Waals surface area contributed by atoms with Crippen LogP contribution >= 0.6 is 0 Å². The van der Waals surface area contributed by atoms with Gasteiger partial charge in [-0.25, -0.2) is 0 Å². The second kappa shape index (κ2) is 7.57. The molecule has 1 aromatic rings. The van der Waals surface area contributed by atoms with E-state index < -0.39 is 5.91 Å². The molecular formula is C21H28N2O2. The molecule has 1 amide bonds. The molecule has 0 atom stereocenters. The number of phenolic OH excluding ortho intramolecular Hbond substituents is 1. The van der Waals surface area contributed by atoms with Crippen LogP contribution in [0.3, 0.4) is 0 Å². The van der Waals surface area contributed by atoms with Crippen LogP contribution in [0.25, 0.3) is 6.08 Å². The van der Waals surface area contributed by atoms with Gasteiger partial charge in [-0.1, -0.05) is 47.6 Å². The monoisotopic (exact) mass is 340 g/mol. The van der Waals surface area contributed by atoms with E-state index in [2.05, 4.69) is 11.9 Å². The average Bonchev–Trinajstić information content (AvgIpc) is 2.49. The number of nitriles is 1. The standard InChI is InChI=1S/C21H28N2O2/c1-8-9-23-19(25)15(13-22)10-14-11-16(20(2,3)4)18(24)17(12-14)21(5,6)7/h8,10-12,24H,1,9H2,2-7H3,(H,23,25)/b15-10+. The fourth-order valence-electron chi connectivity index (χ4n) is 2.46. The van der Waals surface area contributed by atoms with E-state index in [0.717, 1.165) is 16.7 Å². The highest BCUT2D eigenvalue weighted by atomic mass is 16.3. The lowest BCUT2D eigenvalue weighted by Gasteiger charge is -2.28. The van der Waals surface area contributed by atoms with Crippen LogP contribution in [0.2, 0.25) is 0 Å². The van der Waals surface area contributed by atoms with E-state index in [1.54, 1.807) is 12.2 Å². The molecule has 0 radical (unpaired) electrons. The summed E-state index contributed by atoms with van der Waals surface area (Å²) in [6.45, 7) is 16.0. The van der Waals surface area contributed by atoms with E-state index in [9.17, 15) is 15.2 Å². The third-order valence-electron chi connectivity index (χ3n) is 3.83. The van der Waals surface area contributed by atoms with Gasteiger partial charge in [-0.05, 0) is 34.6 Å². The maximum atomic E-state index is 12.1. The van der Waals surface area contributed by atoms with Crippen LogP contribution < -0.4 is 5.32 Å². The van der Waals surface area contributed by atoms with Gasteiger partial charge >= 0.3 is 0 Å². The molecule has 2 N–H and O–H groups in total. The molecule has 0 spiro atoms. The number of amides is 1. The predicted molar refractivity (Wildman–Crippen MR) is 102 cm³/mol. The topological polar surface area (TPSA) is 73.1 Å². The van der Waals surface area contributed by atoms with E-state index in [-0.39, 0.29) is 22.2 Å². The molecule has 4 nitrogen and oxygen atoms in total. The van der Waals surface area contributed by atoms with E-state index in [1.807, 2.05) is 59.7 Å². The van der Waals surface area contributed by atoms with Crippen molar-refractivity contribution >= 4 is 12.0 Å². The summed E-state index contributed by atoms with van der Waals surface area (Å²) in [4.78, 5) is 12.1. The molecule has 4 heteroatoms. The minimum absolute atomic E-state index is 0.0206. The second-order valence-corrected chi connectivity index (χ2v) is 8.13. The molecule has 25 heavy (non-hydrogen) atoms. The fraction of sp³-hybridized carbons (Fsp3) is 0.429. The Balaban J connectivity index is 3.55. The van der Waals surface area contributed by atoms with Gasteiger partial charge < -0.3 is 10.4 Å². The van der Waals surface area contributed by atoms with E-state index >= 15 is 0 Å². The smallest absolute Gasteiger partial charge is 0.262 e. The number of benzene rings is 1. The van der Waals surface area contributed by atoms with Crippen LogP contribution in [0, 0.1) is 11.3 Å². The van der Waals surface area contributed by atoms with E-state index in [0.29, 0.717) is 6.54 Å². The third kappa shape index (κ3) is 5.22. The molecule has 0 unspecified atom stereocenters. The molecule has 0 heterocycles. The van der Waals surface area contributed by atoms with Gasteiger partial charge in [0.05, 0.1) is 0 Å². The summed E-state index contributed by atoms with van der Waals surface area (Å²) in [7, 11) is 0. The third-order valence-corrected chi connectivity index (χ3v) is 3.83. The van der Waals surface area contributed by atoms with E-state index in [1.165, 1.54) is 0 Å². The highest BCUT2D eigenvalue weighted by molar-refractivity contribution is 6.01. The van der Waals surface area contributed by atoms with Gasteiger partial charge in [0.15, 0.2) is 0 Å². The van der Waals surface area contributed by atoms with Crippen molar-refractivity contribution in [1.29, 1.82) is 5.26 Å². The SMILES string of the molecule is C=CCNC(=O)/C(C#N)=C/c1cc(C(C)(C)C)c(O)c(C(C)(C)C)c1. The second-order valence-electron chi connectivity index (χ2n) is 8.13. The Morgan fingerprint density at radius 3 is 2.04 bits per heavy atom. The van der Waals surface area contributed by atoms with Gasteiger partial charge in [0.1, 0.15) is 17.4 Å². The molecular weight excluding hydrogens is 312 g/mol. The Bertz CT molecular complexity index is 704. The number of rotatable bonds is 4.